The first-order valence-corrected chi connectivity index (χ1v) is 8.58. The molecule has 0 spiro atoms. The summed E-state index contributed by atoms with van der Waals surface area (Å²) in [5.74, 6) is 0.812. The number of rotatable bonds is 7. The lowest BCUT2D eigenvalue weighted by atomic mass is 10.00. The highest BCUT2D eigenvalue weighted by molar-refractivity contribution is 6.30. The molecule has 128 valence electrons. The van der Waals surface area contributed by atoms with Gasteiger partial charge in [-0.05, 0) is 62.6 Å². The molecule has 0 aliphatic carbocycles. The summed E-state index contributed by atoms with van der Waals surface area (Å²) < 4.78 is 5.60. The van der Waals surface area contributed by atoms with Gasteiger partial charge in [0.25, 0.3) is 0 Å². The standard InChI is InChI=1S/C20H24ClNO2/c1-14-6-7-15(2)19(13-14)16(3)22-20(23)5-4-12-24-18-10-8-17(21)9-11-18/h6-11,13,16H,4-5,12H2,1-3H3,(H,22,23). The summed E-state index contributed by atoms with van der Waals surface area (Å²) in [7, 11) is 0. The fourth-order valence-electron chi connectivity index (χ4n) is 2.57. The number of halogens is 1. The van der Waals surface area contributed by atoms with Gasteiger partial charge in [0.2, 0.25) is 5.91 Å². The van der Waals surface area contributed by atoms with Gasteiger partial charge >= 0.3 is 0 Å². The number of nitrogens with one attached hydrogen (secondary N) is 1. The largest absolute Gasteiger partial charge is 0.494 e. The first kappa shape index (κ1) is 18.3. The van der Waals surface area contributed by atoms with Crippen LogP contribution in [0.5, 0.6) is 5.75 Å². The monoisotopic (exact) mass is 345 g/mol. The number of carbonyl (C=O) groups excluding carboxylic acids is 1. The Hall–Kier alpha value is -2.00. The molecule has 0 fully saturated rings. The van der Waals surface area contributed by atoms with Crippen molar-refractivity contribution in [1.82, 2.24) is 5.32 Å². The third-order valence-electron chi connectivity index (χ3n) is 3.91. The predicted octanol–water partition coefficient (Wildman–Crippen LogP) is 4.99. The Bertz CT molecular complexity index is 683. The second-order valence-electron chi connectivity index (χ2n) is 6.06. The van der Waals surface area contributed by atoms with Crippen molar-refractivity contribution in [3.63, 3.8) is 0 Å². The average Bonchev–Trinajstić information content (AvgIpc) is 2.55. The summed E-state index contributed by atoms with van der Waals surface area (Å²) in [6.07, 6.45) is 1.12. The molecular weight excluding hydrogens is 322 g/mol. The molecule has 0 aromatic heterocycles. The van der Waals surface area contributed by atoms with Crippen LogP contribution in [0.1, 0.15) is 42.5 Å². The van der Waals surface area contributed by atoms with Gasteiger partial charge < -0.3 is 10.1 Å². The molecule has 4 heteroatoms. The smallest absolute Gasteiger partial charge is 0.220 e. The molecule has 1 amide bonds. The number of ether oxygens (including phenoxy) is 1. The summed E-state index contributed by atoms with van der Waals surface area (Å²) >= 11 is 5.83. The van der Waals surface area contributed by atoms with Gasteiger partial charge in [-0.15, -0.1) is 0 Å². The van der Waals surface area contributed by atoms with Crippen LogP contribution in [0.15, 0.2) is 42.5 Å². The van der Waals surface area contributed by atoms with E-state index >= 15 is 0 Å². The molecule has 0 aliphatic heterocycles. The van der Waals surface area contributed by atoms with Gasteiger partial charge in [-0.2, -0.15) is 0 Å². The molecule has 2 aromatic carbocycles. The SMILES string of the molecule is Cc1ccc(C)c(C(C)NC(=O)CCCOc2ccc(Cl)cc2)c1. The maximum Gasteiger partial charge on any atom is 0.220 e. The van der Waals surface area contributed by atoms with Crippen molar-refractivity contribution in [1.29, 1.82) is 0 Å². The third kappa shape index (κ3) is 5.57. The van der Waals surface area contributed by atoms with Gasteiger partial charge in [-0.3, -0.25) is 4.79 Å². The molecule has 0 bridgehead atoms. The number of benzene rings is 2. The lowest BCUT2D eigenvalue weighted by Gasteiger charge is -2.17. The quantitative estimate of drug-likeness (QED) is 0.717. The van der Waals surface area contributed by atoms with Crippen LogP contribution in [-0.4, -0.2) is 12.5 Å². The Morgan fingerprint density at radius 1 is 1.17 bits per heavy atom. The molecule has 3 nitrogen and oxygen atoms in total. The Morgan fingerprint density at radius 2 is 1.88 bits per heavy atom. The Labute approximate surface area is 149 Å². The zero-order valence-electron chi connectivity index (χ0n) is 14.4. The highest BCUT2D eigenvalue weighted by atomic mass is 35.5. The molecule has 0 radical (unpaired) electrons. The van der Waals surface area contributed by atoms with Gasteiger partial charge in [-0.25, -0.2) is 0 Å². The zero-order chi connectivity index (χ0) is 17.5. The fraction of sp³-hybridized carbons (Fsp3) is 0.350. The van der Waals surface area contributed by atoms with E-state index in [0.29, 0.717) is 24.5 Å². The first-order chi connectivity index (χ1) is 11.5. The van der Waals surface area contributed by atoms with Crippen LogP contribution < -0.4 is 10.1 Å². The van der Waals surface area contributed by atoms with E-state index in [4.69, 9.17) is 16.3 Å². The molecule has 0 aliphatic rings. The molecule has 2 rings (SSSR count). The fourth-order valence-corrected chi connectivity index (χ4v) is 2.70. The lowest BCUT2D eigenvalue weighted by Crippen LogP contribution is -2.27. The Morgan fingerprint density at radius 3 is 2.58 bits per heavy atom. The van der Waals surface area contributed by atoms with E-state index in [1.165, 1.54) is 16.7 Å². The zero-order valence-corrected chi connectivity index (χ0v) is 15.2. The van der Waals surface area contributed by atoms with E-state index in [1.807, 2.05) is 19.1 Å². The molecule has 0 heterocycles. The molecular formula is C20H24ClNO2. The van der Waals surface area contributed by atoms with Crippen LogP contribution in [0, 0.1) is 13.8 Å². The van der Waals surface area contributed by atoms with Crippen LogP contribution in [0.4, 0.5) is 0 Å². The summed E-state index contributed by atoms with van der Waals surface area (Å²) in [6.45, 7) is 6.65. The first-order valence-electron chi connectivity index (χ1n) is 8.20. The Balaban J connectivity index is 1.74. The van der Waals surface area contributed by atoms with E-state index in [1.54, 1.807) is 12.1 Å². The summed E-state index contributed by atoms with van der Waals surface area (Å²) in [5, 5.41) is 3.74. The number of carbonyl (C=O) groups is 1. The topological polar surface area (TPSA) is 38.3 Å². The van der Waals surface area contributed by atoms with Crippen molar-refractivity contribution in [3.8, 4) is 5.75 Å². The molecule has 1 atom stereocenters. The minimum atomic E-state index is 0.00887. The van der Waals surface area contributed by atoms with Crippen molar-refractivity contribution in [2.45, 2.75) is 39.7 Å². The van der Waals surface area contributed by atoms with Crippen LogP contribution in [-0.2, 0) is 4.79 Å². The number of hydrogen-bond acceptors (Lipinski definition) is 2. The molecule has 24 heavy (non-hydrogen) atoms. The van der Waals surface area contributed by atoms with E-state index in [2.05, 4.69) is 37.4 Å². The summed E-state index contributed by atoms with van der Waals surface area (Å²) in [4.78, 5) is 12.1. The average molecular weight is 346 g/mol. The van der Waals surface area contributed by atoms with Gasteiger partial charge in [-0.1, -0.05) is 35.4 Å². The molecule has 0 saturated carbocycles. The van der Waals surface area contributed by atoms with Crippen LogP contribution in [0.3, 0.4) is 0 Å². The number of aryl methyl sites for hydroxylation is 2. The van der Waals surface area contributed by atoms with Gasteiger partial charge in [0.05, 0.1) is 12.6 Å². The maximum absolute atomic E-state index is 12.1. The molecule has 1 N–H and O–H groups in total. The van der Waals surface area contributed by atoms with E-state index in [-0.39, 0.29) is 11.9 Å². The van der Waals surface area contributed by atoms with E-state index in [0.717, 1.165) is 5.75 Å². The summed E-state index contributed by atoms with van der Waals surface area (Å²) in [6, 6.07) is 13.5. The predicted molar refractivity (Wildman–Crippen MR) is 98.7 cm³/mol. The second kappa shape index (κ2) is 8.74. The maximum atomic E-state index is 12.1. The normalized spacial score (nSPS) is 11.8. The van der Waals surface area contributed by atoms with Crippen molar-refractivity contribution in [3.05, 3.63) is 64.2 Å². The molecule has 1 unspecified atom stereocenters. The highest BCUT2D eigenvalue weighted by Crippen LogP contribution is 2.19. The van der Waals surface area contributed by atoms with E-state index < -0.39 is 0 Å². The van der Waals surface area contributed by atoms with Crippen molar-refractivity contribution < 1.29 is 9.53 Å². The van der Waals surface area contributed by atoms with Gasteiger partial charge in [0.1, 0.15) is 5.75 Å². The van der Waals surface area contributed by atoms with Crippen molar-refractivity contribution in [2.75, 3.05) is 6.61 Å². The lowest BCUT2D eigenvalue weighted by molar-refractivity contribution is -0.121. The third-order valence-corrected chi connectivity index (χ3v) is 4.16. The van der Waals surface area contributed by atoms with Gasteiger partial charge in [0, 0.05) is 11.4 Å². The molecule has 0 saturated heterocycles. The number of hydrogen-bond donors (Lipinski definition) is 1. The van der Waals surface area contributed by atoms with E-state index in [9.17, 15) is 4.79 Å². The minimum absolute atomic E-state index is 0.00887. The number of amides is 1. The second-order valence-corrected chi connectivity index (χ2v) is 6.49. The minimum Gasteiger partial charge on any atom is -0.494 e. The van der Waals surface area contributed by atoms with Crippen LogP contribution in [0.2, 0.25) is 5.02 Å². The van der Waals surface area contributed by atoms with Gasteiger partial charge in [0.15, 0.2) is 0 Å². The summed E-state index contributed by atoms with van der Waals surface area (Å²) in [5.41, 5.74) is 3.56. The van der Waals surface area contributed by atoms with Crippen LogP contribution in [0.25, 0.3) is 0 Å². The van der Waals surface area contributed by atoms with Crippen molar-refractivity contribution in [2.24, 2.45) is 0 Å². The Kier molecular flexibility index (Phi) is 6.68. The molecule has 2 aromatic rings. The highest BCUT2D eigenvalue weighted by Gasteiger charge is 2.11. The van der Waals surface area contributed by atoms with Crippen LogP contribution >= 0.6 is 11.6 Å². The van der Waals surface area contributed by atoms with Crippen molar-refractivity contribution >= 4 is 17.5 Å².